The highest BCUT2D eigenvalue weighted by Gasteiger charge is 2.42. The van der Waals surface area contributed by atoms with E-state index >= 15 is 0 Å². The van der Waals surface area contributed by atoms with Crippen LogP contribution in [0.4, 0.5) is 4.79 Å². The van der Waals surface area contributed by atoms with Gasteiger partial charge in [0.05, 0.1) is 0 Å². The molecule has 5 heteroatoms. The first-order valence-electron chi connectivity index (χ1n) is 7.29. The minimum absolute atomic E-state index is 0.300. The second-order valence-corrected chi connectivity index (χ2v) is 5.85. The molecule has 0 aromatic carbocycles. The topological polar surface area (TPSA) is 69.6 Å². The van der Waals surface area contributed by atoms with Crippen LogP contribution >= 0.6 is 0 Å². The molecule has 20 heavy (non-hydrogen) atoms. The van der Waals surface area contributed by atoms with Crippen LogP contribution in [0.25, 0.3) is 0 Å². The highest BCUT2D eigenvalue weighted by molar-refractivity contribution is 5.86. The zero-order valence-electron chi connectivity index (χ0n) is 12.5. The van der Waals surface area contributed by atoms with Gasteiger partial charge in [-0.1, -0.05) is 13.0 Å². The molecule has 1 saturated carbocycles. The Kier molecular flexibility index (Phi) is 6.05. The smallest absolute Gasteiger partial charge is 0.329 e. The molecule has 0 aliphatic heterocycles. The summed E-state index contributed by atoms with van der Waals surface area (Å²) in [5.41, 5.74) is -1.09. The van der Waals surface area contributed by atoms with Gasteiger partial charge in [0.15, 0.2) is 0 Å². The van der Waals surface area contributed by atoms with Crippen molar-refractivity contribution in [2.24, 2.45) is 5.92 Å². The third-order valence-corrected chi connectivity index (χ3v) is 4.13. The molecule has 0 heterocycles. The van der Waals surface area contributed by atoms with Crippen LogP contribution in [0.2, 0.25) is 0 Å². The van der Waals surface area contributed by atoms with Crippen molar-refractivity contribution in [3.05, 3.63) is 12.7 Å². The van der Waals surface area contributed by atoms with Crippen LogP contribution in [0.5, 0.6) is 0 Å². The number of nitrogens with one attached hydrogen (secondary N) is 1. The van der Waals surface area contributed by atoms with Gasteiger partial charge < -0.3 is 15.3 Å². The molecular formula is C15H26N2O3. The van der Waals surface area contributed by atoms with Crippen molar-refractivity contribution in [1.29, 1.82) is 0 Å². The molecule has 0 atom stereocenters. The van der Waals surface area contributed by atoms with Gasteiger partial charge in [0, 0.05) is 13.6 Å². The van der Waals surface area contributed by atoms with E-state index in [0.29, 0.717) is 25.3 Å². The Hall–Kier alpha value is -1.52. The number of rotatable bonds is 6. The second-order valence-electron chi connectivity index (χ2n) is 5.85. The molecule has 0 unspecified atom stereocenters. The standard InChI is InChI=1S/C15H26N2O3/c1-4-5-6-11-17(3)14(20)16-15(13(18)19)9-7-12(2)8-10-15/h4,12H,1,5-11H2,2-3H3,(H,16,20)(H,18,19). The number of aliphatic carboxylic acids is 1. The van der Waals surface area contributed by atoms with E-state index in [1.54, 1.807) is 11.9 Å². The molecular weight excluding hydrogens is 256 g/mol. The normalized spacial score (nSPS) is 25.8. The summed E-state index contributed by atoms with van der Waals surface area (Å²) in [6.45, 7) is 6.36. The lowest BCUT2D eigenvalue weighted by atomic mass is 9.77. The van der Waals surface area contributed by atoms with Crippen LogP contribution in [0.15, 0.2) is 12.7 Å². The summed E-state index contributed by atoms with van der Waals surface area (Å²) in [6, 6.07) is -0.300. The maximum absolute atomic E-state index is 12.1. The van der Waals surface area contributed by atoms with Crippen LogP contribution in [-0.4, -0.2) is 41.1 Å². The molecule has 0 aromatic rings. The molecule has 1 rings (SSSR count). The van der Waals surface area contributed by atoms with Gasteiger partial charge in [-0.15, -0.1) is 6.58 Å². The van der Waals surface area contributed by atoms with Gasteiger partial charge >= 0.3 is 12.0 Å². The SMILES string of the molecule is C=CCCCN(C)C(=O)NC1(C(=O)O)CCC(C)CC1. The first kappa shape index (κ1) is 16.5. The summed E-state index contributed by atoms with van der Waals surface area (Å²) < 4.78 is 0. The predicted octanol–water partition coefficient (Wildman–Crippen LogP) is 2.63. The molecule has 0 aromatic heterocycles. The number of unbranched alkanes of at least 4 members (excludes halogenated alkanes) is 1. The maximum Gasteiger partial charge on any atom is 0.329 e. The van der Waals surface area contributed by atoms with Gasteiger partial charge in [-0.25, -0.2) is 9.59 Å². The zero-order chi connectivity index (χ0) is 15.2. The van der Waals surface area contributed by atoms with Crippen LogP contribution in [-0.2, 0) is 4.79 Å². The largest absolute Gasteiger partial charge is 0.480 e. The fourth-order valence-corrected chi connectivity index (χ4v) is 2.52. The van der Waals surface area contributed by atoms with Crippen molar-refractivity contribution in [1.82, 2.24) is 10.2 Å². The number of hydrogen-bond acceptors (Lipinski definition) is 2. The summed E-state index contributed by atoms with van der Waals surface area (Å²) in [6.07, 6.45) is 6.20. The van der Waals surface area contributed by atoms with E-state index in [-0.39, 0.29) is 6.03 Å². The summed E-state index contributed by atoms with van der Waals surface area (Å²) in [5.74, 6) is -0.387. The molecule has 0 bridgehead atoms. The number of hydrogen-bond donors (Lipinski definition) is 2. The van der Waals surface area contributed by atoms with Gasteiger partial charge in [0.25, 0.3) is 0 Å². The maximum atomic E-state index is 12.1. The number of nitrogens with zero attached hydrogens (tertiary/aromatic N) is 1. The van der Waals surface area contributed by atoms with Gasteiger partial charge in [-0.05, 0) is 44.4 Å². The zero-order valence-corrected chi connectivity index (χ0v) is 12.5. The van der Waals surface area contributed by atoms with Crippen LogP contribution < -0.4 is 5.32 Å². The number of carboxylic acid groups (broad SMARTS) is 1. The number of carbonyl (C=O) groups excluding carboxylic acids is 1. The molecule has 5 nitrogen and oxygen atoms in total. The van der Waals surface area contributed by atoms with Gasteiger partial charge in [0.2, 0.25) is 0 Å². The molecule has 2 amide bonds. The Morgan fingerprint density at radius 3 is 2.55 bits per heavy atom. The lowest BCUT2D eigenvalue weighted by Gasteiger charge is -2.37. The highest BCUT2D eigenvalue weighted by atomic mass is 16.4. The van der Waals surface area contributed by atoms with Gasteiger partial charge in [0.1, 0.15) is 5.54 Å². The molecule has 1 aliphatic carbocycles. The van der Waals surface area contributed by atoms with Crippen molar-refractivity contribution in [2.75, 3.05) is 13.6 Å². The molecule has 1 aliphatic rings. The van der Waals surface area contributed by atoms with E-state index in [9.17, 15) is 14.7 Å². The van der Waals surface area contributed by atoms with Crippen LogP contribution in [0, 0.1) is 5.92 Å². The Labute approximate surface area is 121 Å². The fourth-order valence-electron chi connectivity index (χ4n) is 2.52. The average molecular weight is 282 g/mol. The second kappa shape index (κ2) is 7.31. The van der Waals surface area contributed by atoms with E-state index in [2.05, 4.69) is 18.8 Å². The van der Waals surface area contributed by atoms with E-state index < -0.39 is 11.5 Å². The first-order chi connectivity index (χ1) is 9.41. The van der Waals surface area contributed by atoms with Crippen molar-refractivity contribution < 1.29 is 14.7 Å². The summed E-state index contributed by atoms with van der Waals surface area (Å²) >= 11 is 0. The number of urea groups is 1. The van der Waals surface area contributed by atoms with E-state index in [0.717, 1.165) is 25.7 Å². The quantitative estimate of drug-likeness (QED) is 0.581. The monoisotopic (exact) mass is 282 g/mol. The fraction of sp³-hybridized carbons (Fsp3) is 0.733. The van der Waals surface area contributed by atoms with Crippen molar-refractivity contribution in [2.45, 2.75) is 51.0 Å². The highest BCUT2D eigenvalue weighted by Crippen LogP contribution is 2.32. The molecule has 0 radical (unpaired) electrons. The van der Waals surface area contributed by atoms with E-state index in [1.165, 1.54) is 0 Å². The lowest BCUT2D eigenvalue weighted by molar-refractivity contribution is -0.146. The minimum atomic E-state index is -1.09. The lowest BCUT2D eigenvalue weighted by Crippen LogP contribution is -2.58. The third kappa shape index (κ3) is 4.25. The van der Waals surface area contributed by atoms with Crippen molar-refractivity contribution in [3.63, 3.8) is 0 Å². The Morgan fingerprint density at radius 2 is 2.05 bits per heavy atom. The Morgan fingerprint density at radius 1 is 1.45 bits per heavy atom. The van der Waals surface area contributed by atoms with Crippen LogP contribution in [0.3, 0.4) is 0 Å². The third-order valence-electron chi connectivity index (χ3n) is 4.13. The molecule has 1 fully saturated rings. The Bertz CT molecular complexity index is 360. The minimum Gasteiger partial charge on any atom is -0.480 e. The molecule has 0 spiro atoms. The van der Waals surface area contributed by atoms with E-state index in [1.807, 2.05) is 6.08 Å². The molecule has 114 valence electrons. The number of carbonyl (C=O) groups is 2. The summed E-state index contributed by atoms with van der Waals surface area (Å²) in [7, 11) is 1.69. The van der Waals surface area contributed by atoms with Crippen molar-refractivity contribution >= 4 is 12.0 Å². The number of carboxylic acids is 1. The first-order valence-corrected chi connectivity index (χ1v) is 7.29. The number of allylic oxidation sites excluding steroid dienone is 1. The van der Waals surface area contributed by atoms with Gasteiger partial charge in [-0.3, -0.25) is 0 Å². The molecule has 2 N–H and O–H groups in total. The van der Waals surface area contributed by atoms with Crippen LogP contribution in [0.1, 0.15) is 45.4 Å². The van der Waals surface area contributed by atoms with Crippen molar-refractivity contribution in [3.8, 4) is 0 Å². The van der Waals surface area contributed by atoms with Gasteiger partial charge in [-0.2, -0.15) is 0 Å². The number of amides is 2. The average Bonchev–Trinajstić information content (AvgIpc) is 2.41. The Balaban J connectivity index is 2.59. The van der Waals surface area contributed by atoms with E-state index in [4.69, 9.17) is 0 Å². The molecule has 0 saturated heterocycles. The predicted molar refractivity (Wildman–Crippen MR) is 78.6 cm³/mol. The summed E-state index contributed by atoms with van der Waals surface area (Å²) in [5, 5.41) is 12.2. The summed E-state index contributed by atoms with van der Waals surface area (Å²) in [4.78, 5) is 25.2.